The SMILES string of the molecule is CCc1cc(OC)c(OC)cc1C(C)NC(=O)c1ccccc1. The predicted molar refractivity (Wildman–Crippen MR) is 91.2 cm³/mol. The molecule has 0 saturated heterocycles. The van der Waals surface area contributed by atoms with Gasteiger partial charge in [0.05, 0.1) is 20.3 Å². The Morgan fingerprint density at radius 2 is 1.70 bits per heavy atom. The van der Waals surface area contributed by atoms with Gasteiger partial charge in [0.15, 0.2) is 11.5 Å². The van der Waals surface area contributed by atoms with Crippen molar-refractivity contribution in [1.82, 2.24) is 5.32 Å². The zero-order valence-corrected chi connectivity index (χ0v) is 14.1. The maximum absolute atomic E-state index is 12.3. The number of benzene rings is 2. The van der Waals surface area contributed by atoms with Crippen molar-refractivity contribution in [2.45, 2.75) is 26.3 Å². The molecule has 1 unspecified atom stereocenters. The number of nitrogens with one attached hydrogen (secondary N) is 1. The highest BCUT2D eigenvalue weighted by molar-refractivity contribution is 5.94. The zero-order valence-electron chi connectivity index (χ0n) is 14.1. The van der Waals surface area contributed by atoms with E-state index in [1.807, 2.05) is 37.3 Å². The van der Waals surface area contributed by atoms with E-state index in [1.165, 1.54) is 0 Å². The Kier molecular flexibility index (Phi) is 5.63. The lowest BCUT2D eigenvalue weighted by Crippen LogP contribution is -2.27. The van der Waals surface area contributed by atoms with Gasteiger partial charge >= 0.3 is 0 Å². The summed E-state index contributed by atoms with van der Waals surface area (Å²) in [5.74, 6) is 1.28. The summed E-state index contributed by atoms with van der Waals surface area (Å²) in [6.45, 7) is 4.05. The van der Waals surface area contributed by atoms with E-state index in [-0.39, 0.29) is 11.9 Å². The number of hydrogen-bond donors (Lipinski definition) is 1. The van der Waals surface area contributed by atoms with E-state index < -0.39 is 0 Å². The first-order valence-electron chi connectivity index (χ1n) is 7.71. The molecule has 0 heterocycles. The van der Waals surface area contributed by atoms with Crippen LogP contribution in [-0.4, -0.2) is 20.1 Å². The van der Waals surface area contributed by atoms with E-state index in [9.17, 15) is 4.79 Å². The number of rotatable bonds is 6. The van der Waals surface area contributed by atoms with Gasteiger partial charge in [-0.2, -0.15) is 0 Å². The molecular weight excluding hydrogens is 290 g/mol. The van der Waals surface area contributed by atoms with Gasteiger partial charge in [-0.3, -0.25) is 4.79 Å². The topological polar surface area (TPSA) is 47.6 Å². The first-order valence-corrected chi connectivity index (χ1v) is 7.71. The van der Waals surface area contributed by atoms with Crippen LogP contribution >= 0.6 is 0 Å². The Hall–Kier alpha value is -2.49. The molecule has 0 fully saturated rings. The van der Waals surface area contributed by atoms with Crippen molar-refractivity contribution < 1.29 is 14.3 Å². The summed E-state index contributed by atoms with van der Waals surface area (Å²) in [6.07, 6.45) is 0.848. The number of carbonyl (C=O) groups excluding carboxylic acids is 1. The molecule has 1 amide bonds. The summed E-state index contributed by atoms with van der Waals surface area (Å²) in [7, 11) is 3.23. The molecule has 0 aliphatic heterocycles. The molecule has 2 rings (SSSR count). The van der Waals surface area contributed by atoms with Gasteiger partial charge in [-0.1, -0.05) is 25.1 Å². The minimum absolute atomic E-state index is 0.0880. The summed E-state index contributed by atoms with van der Waals surface area (Å²) in [5, 5.41) is 3.04. The van der Waals surface area contributed by atoms with Crippen molar-refractivity contribution in [3.63, 3.8) is 0 Å². The molecule has 1 N–H and O–H groups in total. The highest BCUT2D eigenvalue weighted by Gasteiger charge is 2.17. The van der Waals surface area contributed by atoms with Crippen LogP contribution in [0, 0.1) is 0 Å². The average molecular weight is 313 g/mol. The van der Waals surface area contributed by atoms with E-state index in [2.05, 4.69) is 12.2 Å². The molecule has 0 aromatic heterocycles. The molecule has 0 radical (unpaired) electrons. The molecule has 0 spiro atoms. The van der Waals surface area contributed by atoms with Gasteiger partial charge in [0.2, 0.25) is 0 Å². The standard InChI is InChI=1S/C19H23NO3/c1-5-14-11-17(22-3)18(23-4)12-16(14)13(2)20-19(21)15-9-7-6-8-10-15/h6-13H,5H2,1-4H3,(H,20,21). The number of carbonyl (C=O) groups is 1. The van der Waals surface area contributed by atoms with Crippen LogP contribution in [-0.2, 0) is 6.42 Å². The number of ether oxygens (including phenoxy) is 2. The predicted octanol–water partition coefficient (Wildman–Crippen LogP) is 3.76. The van der Waals surface area contributed by atoms with E-state index in [1.54, 1.807) is 26.4 Å². The third-order valence-corrected chi connectivity index (χ3v) is 3.88. The van der Waals surface area contributed by atoms with Crippen molar-refractivity contribution in [1.29, 1.82) is 0 Å². The first-order chi connectivity index (χ1) is 11.1. The van der Waals surface area contributed by atoms with Gasteiger partial charge in [0, 0.05) is 5.56 Å². The molecule has 4 nitrogen and oxygen atoms in total. The first kappa shape index (κ1) is 16.9. The van der Waals surface area contributed by atoms with E-state index in [0.29, 0.717) is 17.1 Å². The number of aryl methyl sites for hydroxylation is 1. The Morgan fingerprint density at radius 1 is 1.09 bits per heavy atom. The molecule has 0 aliphatic rings. The maximum Gasteiger partial charge on any atom is 0.251 e. The second-order valence-corrected chi connectivity index (χ2v) is 5.32. The summed E-state index contributed by atoms with van der Waals surface area (Å²) in [4.78, 5) is 12.3. The van der Waals surface area contributed by atoms with Gasteiger partial charge in [-0.05, 0) is 48.7 Å². The Bertz CT molecular complexity index is 668. The number of amides is 1. The minimum Gasteiger partial charge on any atom is -0.493 e. The molecule has 4 heteroatoms. The smallest absolute Gasteiger partial charge is 0.251 e. The Labute approximate surface area is 137 Å². The van der Waals surface area contributed by atoms with E-state index in [0.717, 1.165) is 17.5 Å². The molecule has 1 atom stereocenters. The van der Waals surface area contributed by atoms with Crippen LogP contribution in [0.2, 0.25) is 0 Å². The lowest BCUT2D eigenvalue weighted by molar-refractivity contribution is 0.0939. The lowest BCUT2D eigenvalue weighted by Gasteiger charge is -2.20. The molecule has 0 aliphatic carbocycles. The lowest BCUT2D eigenvalue weighted by atomic mass is 9.98. The molecule has 2 aromatic carbocycles. The van der Waals surface area contributed by atoms with Crippen LogP contribution in [0.15, 0.2) is 42.5 Å². The molecule has 0 saturated carbocycles. The van der Waals surface area contributed by atoms with Crippen LogP contribution in [0.5, 0.6) is 11.5 Å². The van der Waals surface area contributed by atoms with Crippen LogP contribution in [0.3, 0.4) is 0 Å². The third-order valence-electron chi connectivity index (χ3n) is 3.88. The van der Waals surface area contributed by atoms with Crippen molar-refractivity contribution in [3.05, 3.63) is 59.2 Å². The molecular formula is C19H23NO3. The Balaban J connectivity index is 2.27. The quantitative estimate of drug-likeness (QED) is 0.883. The zero-order chi connectivity index (χ0) is 16.8. The molecule has 23 heavy (non-hydrogen) atoms. The van der Waals surface area contributed by atoms with Gasteiger partial charge in [-0.15, -0.1) is 0 Å². The largest absolute Gasteiger partial charge is 0.493 e. The van der Waals surface area contributed by atoms with Gasteiger partial charge in [-0.25, -0.2) is 0 Å². The normalized spacial score (nSPS) is 11.7. The van der Waals surface area contributed by atoms with Gasteiger partial charge < -0.3 is 14.8 Å². The van der Waals surface area contributed by atoms with Crippen LogP contribution in [0.25, 0.3) is 0 Å². The second-order valence-electron chi connectivity index (χ2n) is 5.32. The van der Waals surface area contributed by atoms with Crippen molar-refractivity contribution >= 4 is 5.91 Å². The van der Waals surface area contributed by atoms with Crippen molar-refractivity contribution in [2.24, 2.45) is 0 Å². The maximum atomic E-state index is 12.3. The molecule has 2 aromatic rings. The second kappa shape index (κ2) is 7.68. The minimum atomic E-state index is -0.127. The fourth-order valence-electron chi connectivity index (χ4n) is 2.59. The van der Waals surface area contributed by atoms with Crippen molar-refractivity contribution in [2.75, 3.05) is 14.2 Å². The van der Waals surface area contributed by atoms with Crippen LogP contribution < -0.4 is 14.8 Å². The fraction of sp³-hybridized carbons (Fsp3) is 0.316. The Morgan fingerprint density at radius 3 is 2.26 bits per heavy atom. The number of hydrogen-bond acceptors (Lipinski definition) is 3. The van der Waals surface area contributed by atoms with Crippen molar-refractivity contribution in [3.8, 4) is 11.5 Å². The summed E-state index contributed by atoms with van der Waals surface area (Å²) < 4.78 is 10.7. The van der Waals surface area contributed by atoms with Gasteiger partial charge in [0.25, 0.3) is 5.91 Å². The van der Waals surface area contributed by atoms with Crippen LogP contribution in [0.1, 0.15) is 41.4 Å². The van der Waals surface area contributed by atoms with E-state index >= 15 is 0 Å². The monoisotopic (exact) mass is 313 g/mol. The summed E-state index contributed by atoms with van der Waals surface area (Å²) in [5.41, 5.74) is 2.82. The van der Waals surface area contributed by atoms with Gasteiger partial charge in [0.1, 0.15) is 0 Å². The third kappa shape index (κ3) is 3.83. The average Bonchev–Trinajstić information content (AvgIpc) is 2.60. The van der Waals surface area contributed by atoms with E-state index in [4.69, 9.17) is 9.47 Å². The summed E-state index contributed by atoms with van der Waals surface area (Å²) >= 11 is 0. The highest BCUT2D eigenvalue weighted by Crippen LogP contribution is 2.33. The van der Waals surface area contributed by atoms with Crippen LogP contribution in [0.4, 0.5) is 0 Å². The fourth-order valence-corrected chi connectivity index (χ4v) is 2.59. The number of methoxy groups -OCH3 is 2. The molecule has 0 bridgehead atoms. The molecule has 122 valence electrons. The summed E-state index contributed by atoms with van der Waals surface area (Å²) in [6, 6.07) is 13.0. The highest BCUT2D eigenvalue weighted by atomic mass is 16.5.